The number of fused-ring (bicyclic) bond motifs is 1. The lowest BCUT2D eigenvalue weighted by molar-refractivity contribution is 0.362. The molecule has 0 saturated carbocycles. The predicted octanol–water partition coefficient (Wildman–Crippen LogP) is 4.41. The quantitative estimate of drug-likeness (QED) is 0.756. The summed E-state index contributed by atoms with van der Waals surface area (Å²) in [5.41, 5.74) is 3.82. The van der Waals surface area contributed by atoms with E-state index in [9.17, 15) is 4.39 Å². The van der Waals surface area contributed by atoms with E-state index >= 15 is 0 Å². The zero-order valence-corrected chi connectivity index (χ0v) is 12.6. The van der Waals surface area contributed by atoms with Crippen molar-refractivity contribution in [1.82, 2.24) is 4.90 Å². The van der Waals surface area contributed by atoms with E-state index in [1.54, 1.807) is 6.07 Å². The fourth-order valence-corrected chi connectivity index (χ4v) is 2.84. The van der Waals surface area contributed by atoms with Crippen LogP contribution < -0.4 is 0 Å². The Balaban J connectivity index is 2.09. The Kier molecular flexibility index (Phi) is 3.50. The topological polar surface area (TPSA) is 15.6 Å². The number of aliphatic imine (C=N–C) groups is 1. The summed E-state index contributed by atoms with van der Waals surface area (Å²) < 4.78 is 14.4. The molecule has 0 fully saturated rings. The number of nitrogens with zero attached hydrogens (tertiary/aromatic N) is 2. The van der Waals surface area contributed by atoms with E-state index in [-0.39, 0.29) is 11.9 Å². The number of hydrogen-bond acceptors (Lipinski definition) is 2. The maximum Gasteiger partial charge on any atom is 0.128 e. The Labute approximate surface area is 124 Å². The number of hydrogen-bond donors (Lipinski definition) is 0. The Morgan fingerprint density at radius 1 is 1.14 bits per heavy atom. The van der Waals surface area contributed by atoms with Crippen molar-refractivity contribution in [3.63, 3.8) is 0 Å². The molecule has 3 heteroatoms. The average Bonchev–Trinajstić information content (AvgIpc) is 2.57. The van der Waals surface area contributed by atoms with Gasteiger partial charge in [-0.2, -0.15) is 0 Å². The third-order valence-electron chi connectivity index (χ3n) is 4.18. The summed E-state index contributed by atoms with van der Waals surface area (Å²) in [5.74, 6) is 0.768. The van der Waals surface area contributed by atoms with Crippen LogP contribution in [-0.4, -0.2) is 17.8 Å². The van der Waals surface area contributed by atoms with Crippen molar-refractivity contribution in [2.24, 2.45) is 4.99 Å². The first-order chi connectivity index (χ1) is 10.1. The van der Waals surface area contributed by atoms with E-state index in [4.69, 9.17) is 0 Å². The second-order valence-electron chi connectivity index (χ2n) is 5.64. The van der Waals surface area contributed by atoms with Gasteiger partial charge in [0.05, 0.1) is 11.7 Å². The normalized spacial score (nSPS) is 18.0. The molecular weight excluding hydrogens is 263 g/mol. The number of likely N-dealkylation sites (N-methyl/N-ethyl adjacent to an activating group) is 1. The fraction of sp³-hybridized carbons (Fsp3) is 0.278. The van der Waals surface area contributed by atoms with E-state index in [0.29, 0.717) is 0 Å². The Bertz CT molecular complexity index is 706. The number of aryl methyl sites for hydroxylation is 1. The highest BCUT2D eigenvalue weighted by molar-refractivity contribution is 5.84. The molecular formula is C18H19FN2. The van der Waals surface area contributed by atoms with Gasteiger partial charge in [-0.3, -0.25) is 0 Å². The van der Waals surface area contributed by atoms with Crippen molar-refractivity contribution in [3.05, 3.63) is 65.0 Å². The summed E-state index contributed by atoms with van der Waals surface area (Å²) in [6, 6.07) is 13.5. The summed E-state index contributed by atoms with van der Waals surface area (Å²) in [5, 5.41) is 0. The summed E-state index contributed by atoms with van der Waals surface area (Å²) >= 11 is 0. The number of rotatable bonds is 1. The zero-order valence-electron chi connectivity index (χ0n) is 12.6. The summed E-state index contributed by atoms with van der Waals surface area (Å²) in [7, 11) is 1.98. The van der Waals surface area contributed by atoms with E-state index in [1.807, 2.05) is 51.2 Å². The first-order valence-electron chi connectivity index (χ1n) is 7.18. The Morgan fingerprint density at radius 3 is 2.67 bits per heavy atom. The number of benzene rings is 2. The summed E-state index contributed by atoms with van der Waals surface area (Å²) in [6.45, 7) is 3.88. The van der Waals surface area contributed by atoms with E-state index in [0.717, 1.165) is 34.6 Å². The largest absolute Gasteiger partial charge is 0.356 e. The maximum absolute atomic E-state index is 14.4. The average molecular weight is 282 g/mol. The van der Waals surface area contributed by atoms with Gasteiger partial charge in [-0.1, -0.05) is 30.3 Å². The van der Waals surface area contributed by atoms with Gasteiger partial charge in [0, 0.05) is 12.6 Å². The van der Waals surface area contributed by atoms with Crippen molar-refractivity contribution in [3.8, 4) is 0 Å². The van der Waals surface area contributed by atoms with Crippen molar-refractivity contribution < 1.29 is 4.39 Å². The minimum absolute atomic E-state index is 0.0296. The van der Waals surface area contributed by atoms with Crippen LogP contribution in [0.3, 0.4) is 0 Å². The van der Waals surface area contributed by atoms with Crippen LogP contribution in [0.5, 0.6) is 0 Å². The molecule has 108 valence electrons. The second-order valence-corrected chi connectivity index (χ2v) is 5.64. The first-order valence-corrected chi connectivity index (χ1v) is 7.18. The molecule has 0 spiro atoms. The Morgan fingerprint density at radius 2 is 1.90 bits per heavy atom. The fourth-order valence-electron chi connectivity index (χ4n) is 2.84. The molecule has 3 rings (SSSR count). The second kappa shape index (κ2) is 5.32. The molecule has 0 saturated heterocycles. The van der Waals surface area contributed by atoms with Crippen molar-refractivity contribution >= 4 is 11.5 Å². The van der Waals surface area contributed by atoms with Crippen LogP contribution >= 0.6 is 0 Å². The molecule has 0 radical (unpaired) electrons. The van der Waals surface area contributed by atoms with Gasteiger partial charge in [-0.05, 0) is 43.5 Å². The number of para-hydroxylation sites is 1. The monoisotopic (exact) mass is 282 g/mol. The highest BCUT2D eigenvalue weighted by Gasteiger charge is 2.25. The molecule has 1 aliphatic rings. The molecule has 0 amide bonds. The van der Waals surface area contributed by atoms with Gasteiger partial charge >= 0.3 is 0 Å². The van der Waals surface area contributed by atoms with Gasteiger partial charge in [0.1, 0.15) is 11.7 Å². The lowest BCUT2D eigenvalue weighted by Crippen LogP contribution is -2.30. The third-order valence-corrected chi connectivity index (χ3v) is 4.18. The van der Waals surface area contributed by atoms with Gasteiger partial charge < -0.3 is 4.90 Å². The maximum atomic E-state index is 14.4. The van der Waals surface area contributed by atoms with Crippen LogP contribution in [0.4, 0.5) is 10.1 Å². The van der Waals surface area contributed by atoms with Crippen molar-refractivity contribution in [1.29, 1.82) is 0 Å². The molecule has 2 aromatic rings. The molecule has 2 nitrogen and oxygen atoms in total. The van der Waals surface area contributed by atoms with Gasteiger partial charge in [0.15, 0.2) is 0 Å². The Hall–Kier alpha value is -2.16. The van der Waals surface area contributed by atoms with Crippen LogP contribution in [0, 0.1) is 12.7 Å². The lowest BCUT2D eigenvalue weighted by Gasteiger charge is -2.28. The van der Waals surface area contributed by atoms with Gasteiger partial charge in [0.25, 0.3) is 0 Å². The third kappa shape index (κ3) is 2.56. The lowest BCUT2D eigenvalue weighted by atomic mass is 9.96. The van der Waals surface area contributed by atoms with Crippen LogP contribution in [0.1, 0.15) is 29.7 Å². The molecule has 21 heavy (non-hydrogen) atoms. The van der Waals surface area contributed by atoms with Gasteiger partial charge in [-0.25, -0.2) is 9.38 Å². The molecule has 0 bridgehead atoms. The smallest absolute Gasteiger partial charge is 0.128 e. The predicted molar refractivity (Wildman–Crippen MR) is 84.6 cm³/mol. The van der Waals surface area contributed by atoms with Crippen LogP contribution in [0.2, 0.25) is 0 Å². The zero-order chi connectivity index (χ0) is 15.0. The van der Waals surface area contributed by atoms with E-state index in [1.165, 1.54) is 0 Å². The molecule has 2 aromatic carbocycles. The molecule has 1 unspecified atom stereocenters. The molecule has 1 atom stereocenters. The van der Waals surface area contributed by atoms with Crippen LogP contribution in [-0.2, 0) is 6.42 Å². The first kappa shape index (κ1) is 13.8. The molecule has 1 heterocycles. The van der Waals surface area contributed by atoms with Gasteiger partial charge in [-0.15, -0.1) is 0 Å². The standard InChI is InChI=1S/C18H19FN2/c1-12-8-9-15(16(19)10-12)18-11-14-6-4-5-7-17(14)20-13(2)21(18)3/h4-10,18H,11H2,1-3H3. The SMILES string of the molecule is CC1=Nc2ccccc2CC(c2ccc(C)cc2F)N1C. The molecule has 1 aliphatic heterocycles. The number of halogens is 1. The van der Waals surface area contributed by atoms with E-state index < -0.39 is 0 Å². The van der Waals surface area contributed by atoms with Crippen molar-refractivity contribution in [2.45, 2.75) is 26.3 Å². The van der Waals surface area contributed by atoms with Gasteiger partial charge in [0.2, 0.25) is 0 Å². The molecule has 0 aromatic heterocycles. The minimum atomic E-state index is -0.140. The summed E-state index contributed by atoms with van der Waals surface area (Å²) in [4.78, 5) is 6.73. The molecule has 0 aliphatic carbocycles. The summed E-state index contributed by atoms with van der Waals surface area (Å²) in [6.07, 6.45) is 0.757. The highest BCUT2D eigenvalue weighted by Crippen LogP contribution is 2.33. The molecule has 0 N–H and O–H groups in total. The van der Waals surface area contributed by atoms with Crippen molar-refractivity contribution in [2.75, 3.05) is 7.05 Å². The highest BCUT2D eigenvalue weighted by atomic mass is 19.1. The number of amidine groups is 1. The van der Waals surface area contributed by atoms with E-state index in [2.05, 4.69) is 16.0 Å². The van der Waals surface area contributed by atoms with Crippen LogP contribution in [0.15, 0.2) is 47.5 Å². The van der Waals surface area contributed by atoms with Crippen LogP contribution in [0.25, 0.3) is 0 Å². The minimum Gasteiger partial charge on any atom is -0.356 e.